The number of rotatable bonds is 6. The fourth-order valence-electron chi connectivity index (χ4n) is 3.25. The maximum absolute atomic E-state index is 9.93. The van der Waals surface area contributed by atoms with E-state index in [1.54, 1.807) is 14.2 Å². The van der Waals surface area contributed by atoms with Crippen molar-refractivity contribution in [2.75, 3.05) is 47.0 Å². The molecule has 1 aliphatic heterocycles. The van der Waals surface area contributed by atoms with E-state index in [1.165, 1.54) is 0 Å². The Morgan fingerprint density at radius 2 is 1.91 bits per heavy atom. The molecule has 0 amide bonds. The molecule has 2 N–H and O–H groups in total. The number of hydrogen-bond acceptors (Lipinski definition) is 5. The van der Waals surface area contributed by atoms with Gasteiger partial charge in [-0.3, -0.25) is 4.90 Å². The predicted octanol–water partition coefficient (Wildman–Crippen LogP) is 2.32. The van der Waals surface area contributed by atoms with Crippen LogP contribution in [0.25, 0.3) is 0 Å². The summed E-state index contributed by atoms with van der Waals surface area (Å²) in [5.74, 6) is 1.16. The Bertz CT molecular complexity index is 531. The molecular weight excluding hydrogens is 316 g/mol. The van der Waals surface area contributed by atoms with Gasteiger partial charge in [0.1, 0.15) is 0 Å². The van der Waals surface area contributed by atoms with E-state index in [0.29, 0.717) is 16.5 Å². The Hall–Kier alpha value is -1.01. The predicted molar refractivity (Wildman–Crippen MR) is 92.6 cm³/mol. The van der Waals surface area contributed by atoms with Crippen LogP contribution in [0.3, 0.4) is 0 Å². The first kappa shape index (κ1) is 18.3. The van der Waals surface area contributed by atoms with Crippen molar-refractivity contribution in [3.63, 3.8) is 0 Å². The first-order chi connectivity index (χ1) is 11.0. The molecule has 0 spiro atoms. The van der Waals surface area contributed by atoms with E-state index in [-0.39, 0.29) is 18.1 Å². The number of halogens is 1. The summed E-state index contributed by atoms with van der Waals surface area (Å²) >= 11 is 6.64. The van der Waals surface area contributed by atoms with Crippen molar-refractivity contribution in [1.82, 2.24) is 10.2 Å². The maximum Gasteiger partial charge on any atom is 0.179 e. The van der Waals surface area contributed by atoms with Crippen molar-refractivity contribution in [2.45, 2.75) is 19.9 Å². The third kappa shape index (κ3) is 3.74. The minimum absolute atomic E-state index is 0.00176. The van der Waals surface area contributed by atoms with Gasteiger partial charge >= 0.3 is 0 Å². The van der Waals surface area contributed by atoms with Gasteiger partial charge in [0.2, 0.25) is 0 Å². The van der Waals surface area contributed by atoms with E-state index in [4.69, 9.17) is 21.1 Å². The number of hydrogen-bond donors (Lipinski definition) is 2. The molecule has 130 valence electrons. The van der Waals surface area contributed by atoms with Gasteiger partial charge in [-0.05, 0) is 11.6 Å². The number of ether oxygens (including phenoxy) is 2. The molecule has 0 aliphatic carbocycles. The number of nitrogens with zero attached hydrogens (tertiary/aromatic N) is 1. The Morgan fingerprint density at radius 1 is 1.26 bits per heavy atom. The second-order valence-corrected chi connectivity index (χ2v) is 6.92. The van der Waals surface area contributed by atoms with Crippen LogP contribution < -0.4 is 14.8 Å². The lowest BCUT2D eigenvalue weighted by molar-refractivity contribution is 0.0304. The summed E-state index contributed by atoms with van der Waals surface area (Å²) in [6, 6.07) is 3.86. The summed E-state index contributed by atoms with van der Waals surface area (Å²) in [6.45, 7) is 7.90. The maximum atomic E-state index is 9.93. The van der Waals surface area contributed by atoms with Gasteiger partial charge in [0.05, 0.1) is 19.2 Å². The molecule has 1 aromatic rings. The number of aliphatic hydroxyl groups is 1. The standard InChI is InChI=1S/C17H27ClN2O3/c1-17(2,11-21)16(20-9-7-19-8-10-20)12-5-6-13(22-3)15(23-4)14(12)18/h5-6,16,19,21H,7-11H2,1-4H3/t16-/m1/s1. The van der Waals surface area contributed by atoms with Gasteiger partial charge in [0.25, 0.3) is 0 Å². The smallest absolute Gasteiger partial charge is 0.179 e. The highest BCUT2D eigenvalue weighted by molar-refractivity contribution is 6.33. The summed E-state index contributed by atoms with van der Waals surface area (Å²) in [7, 11) is 3.18. The Morgan fingerprint density at radius 3 is 2.43 bits per heavy atom. The van der Waals surface area contributed by atoms with Gasteiger partial charge in [-0.15, -0.1) is 0 Å². The Labute approximate surface area is 143 Å². The summed E-state index contributed by atoms with van der Waals surface area (Å²) in [4.78, 5) is 2.37. The average Bonchev–Trinajstić information content (AvgIpc) is 2.57. The molecule has 5 nitrogen and oxygen atoms in total. The monoisotopic (exact) mass is 342 g/mol. The van der Waals surface area contributed by atoms with Crippen LogP contribution in [0.15, 0.2) is 12.1 Å². The highest BCUT2D eigenvalue weighted by atomic mass is 35.5. The van der Waals surface area contributed by atoms with Crippen LogP contribution in [-0.4, -0.2) is 57.0 Å². The van der Waals surface area contributed by atoms with Crippen molar-refractivity contribution in [3.05, 3.63) is 22.7 Å². The fraction of sp³-hybridized carbons (Fsp3) is 0.647. The van der Waals surface area contributed by atoms with Crippen LogP contribution in [0.4, 0.5) is 0 Å². The van der Waals surface area contributed by atoms with Crippen molar-refractivity contribution in [2.24, 2.45) is 5.41 Å². The van der Waals surface area contributed by atoms with E-state index in [2.05, 4.69) is 24.1 Å². The average molecular weight is 343 g/mol. The lowest BCUT2D eigenvalue weighted by Crippen LogP contribution is -2.49. The van der Waals surface area contributed by atoms with E-state index >= 15 is 0 Å². The second kappa shape index (κ2) is 7.71. The van der Waals surface area contributed by atoms with E-state index in [0.717, 1.165) is 31.7 Å². The quantitative estimate of drug-likeness (QED) is 0.831. The molecule has 1 heterocycles. The lowest BCUT2D eigenvalue weighted by atomic mass is 9.79. The summed E-state index contributed by atoms with van der Waals surface area (Å²) in [5, 5.41) is 13.9. The normalized spacial score (nSPS) is 17.8. The number of benzene rings is 1. The molecule has 1 atom stereocenters. The molecular formula is C17H27ClN2O3. The molecule has 23 heavy (non-hydrogen) atoms. The van der Waals surface area contributed by atoms with Gasteiger partial charge in [0, 0.05) is 44.2 Å². The zero-order valence-electron chi connectivity index (χ0n) is 14.4. The van der Waals surface area contributed by atoms with Crippen LogP contribution in [-0.2, 0) is 0 Å². The SMILES string of the molecule is COc1ccc([C@@H](N2CCNCC2)C(C)(C)CO)c(Cl)c1OC. The van der Waals surface area contributed by atoms with Crippen LogP contribution in [0.2, 0.25) is 5.02 Å². The van der Waals surface area contributed by atoms with Crippen molar-refractivity contribution in [3.8, 4) is 11.5 Å². The topological polar surface area (TPSA) is 54.0 Å². The molecule has 0 radical (unpaired) electrons. The molecule has 1 fully saturated rings. The molecule has 6 heteroatoms. The molecule has 1 aliphatic rings. The number of nitrogens with one attached hydrogen (secondary N) is 1. The molecule has 0 bridgehead atoms. The summed E-state index contributed by atoms with van der Waals surface area (Å²) in [6.07, 6.45) is 0. The van der Waals surface area contributed by atoms with Crippen LogP contribution in [0.5, 0.6) is 11.5 Å². The van der Waals surface area contributed by atoms with Gasteiger partial charge < -0.3 is 19.9 Å². The van der Waals surface area contributed by atoms with E-state index in [9.17, 15) is 5.11 Å². The van der Waals surface area contributed by atoms with Crippen LogP contribution in [0.1, 0.15) is 25.5 Å². The largest absolute Gasteiger partial charge is 0.493 e. The fourth-order valence-corrected chi connectivity index (χ4v) is 3.59. The lowest BCUT2D eigenvalue weighted by Gasteiger charge is -2.44. The van der Waals surface area contributed by atoms with Crippen LogP contribution in [0, 0.1) is 5.41 Å². The van der Waals surface area contributed by atoms with Gasteiger partial charge in [-0.2, -0.15) is 0 Å². The first-order valence-corrected chi connectivity index (χ1v) is 8.30. The minimum atomic E-state index is -0.333. The summed E-state index contributed by atoms with van der Waals surface area (Å²) in [5.41, 5.74) is 0.630. The Balaban J connectivity index is 2.51. The zero-order valence-corrected chi connectivity index (χ0v) is 15.1. The van der Waals surface area contributed by atoms with Crippen molar-refractivity contribution >= 4 is 11.6 Å². The molecule has 1 saturated heterocycles. The third-order valence-corrected chi connectivity index (χ3v) is 4.86. The Kier molecular flexibility index (Phi) is 6.14. The van der Waals surface area contributed by atoms with Crippen LogP contribution >= 0.6 is 11.6 Å². The van der Waals surface area contributed by atoms with Gasteiger partial charge in [-0.25, -0.2) is 0 Å². The second-order valence-electron chi connectivity index (χ2n) is 6.54. The van der Waals surface area contributed by atoms with Crippen molar-refractivity contribution < 1.29 is 14.6 Å². The van der Waals surface area contributed by atoms with Gasteiger partial charge in [-0.1, -0.05) is 31.5 Å². The number of methoxy groups -OCH3 is 2. The highest BCUT2D eigenvalue weighted by Gasteiger charge is 2.37. The van der Waals surface area contributed by atoms with Gasteiger partial charge in [0.15, 0.2) is 11.5 Å². The minimum Gasteiger partial charge on any atom is -0.493 e. The third-order valence-electron chi connectivity index (χ3n) is 4.47. The summed E-state index contributed by atoms with van der Waals surface area (Å²) < 4.78 is 10.8. The number of piperazine rings is 1. The van der Waals surface area contributed by atoms with E-state index < -0.39 is 0 Å². The molecule has 2 rings (SSSR count). The van der Waals surface area contributed by atoms with Crippen molar-refractivity contribution in [1.29, 1.82) is 0 Å². The van der Waals surface area contributed by atoms with E-state index in [1.807, 2.05) is 12.1 Å². The molecule has 0 aromatic heterocycles. The molecule has 1 aromatic carbocycles. The first-order valence-electron chi connectivity index (χ1n) is 7.92. The molecule has 0 unspecified atom stereocenters. The zero-order chi connectivity index (χ0) is 17.0. The number of aliphatic hydroxyl groups excluding tert-OH is 1. The highest BCUT2D eigenvalue weighted by Crippen LogP contribution is 2.46. The molecule has 0 saturated carbocycles.